The molecule has 23 N–H and O–H groups in total. The van der Waals surface area contributed by atoms with Crippen molar-refractivity contribution in [1.82, 2.24) is 58.5 Å². The maximum atomic E-state index is 14.9. The van der Waals surface area contributed by atoms with E-state index >= 15 is 0 Å². The zero-order chi connectivity index (χ0) is 71.3. The number of aliphatic hydroxyl groups is 2. The summed E-state index contributed by atoms with van der Waals surface area (Å²) in [5.74, 6) is -10.3. The number of carbonyl (C=O) groups excluding carboxylic acids is 11. The fourth-order valence-corrected chi connectivity index (χ4v) is 10.8. The molecule has 1 aliphatic rings. The average Bonchev–Trinajstić information content (AvgIpc) is 0.917. The second-order valence-electron chi connectivity index (χ2n) is 23.8. The maximum absolute atomic E-state index is 14.9. The summed E-state index contributed by atoms with van der Waals surface area (Å²) in [5, 5.41) is 50.2. The van der Waals surface area contributed by atoms with Gasteiger partial charge in [-0.25, -0.2) is 0 Å². The van der Waals surface area contributed by atoms with Gasteiger partial charge in [-0.2, -0.15) is 0 Å². The third-order valence-corrected chi connectivity index (χ3v) is 16.2. The summed E-state index contributed by atoms with van der Waals surface area (Å²) in [6, 6.07) is 25.7. The molecule has 0 aromatic heterocycles. The van der Waals surface area contributed by atoms with Crippen molar-refractivity contribution in [2.75, 3.05) is 39.3 Å². The first kappa shape index (κ1) is 77.0. The predicted molar refractivity (Wildman–Crippen MR) is 366 cm³/mol. The van der Waals surface area contributed by atoms with Crippen LogP contribution in [0.3, 0.4) is 0 Å². The molecule has 5 aromatic rings. The molecular weight excluding hydrogens is 1260 g/mol. The first-order chi connectivity index (χ1) is 47.1. The maximum Gasteiger partial charge on any atom is 0.251 e. The van der Waals surface area contributed by atoms with E-state index < -0.39 is 151 Å². The van der Waals surface area contributed by atoms with E-state index in [-0.39, 0.29) is 83.2 Å². The Labute approximate surface area is 568 Å². The number of hydrogen-bond donors (Lipinski definition) is 18. The molecule has 0 radical (unpaired) electrons. The second kappa shape index (κ2) is 39.3. The highest BCUT2D eigenvalue weighted by atomic mass is 16.3. The molecule has 0 bridgehead atoms. The molecule has 6 rings (SSSR count). The molecule has 1 heterocycles. The van der Waals surface area contributed by atoms with Gasteiger partial charge in [0.1, 0.15) is 60.4 Å². The van der Waals surface area contributed by atoms with Gasteiger partial charge in [0.25, 0.3) is 5.91 Å². The van der Waals surface area contributed by atoms with E-state index in [4.69, 9.17) is 28.7 Å². The molecule has 98 heavy (non-hydrogen) atoms. The van der Waals surface area contributed by atoms with Gasteiger partial charge >= 0.3 is 0 Å². The Balaban J connectivity index is 1.30. The zero-order valence-corrected chi connectivity index (χ0v) is 54.9. The quantitative estimate of drug-likeness (QED) is 0.0262. The van der Waals surface area contributed by atoms with E-state index in [1.165, 1.54) is 13.8 Å². The Morgan fingerprint density at radius 3 is 1.29 bits per heavy atom. The highest BCUT2D eigenvalue weighted by molar-refractivity contribution is 6.01. The lowest BCUT2D eigenvalue weighted by Gasteiger charge is -2.28. The van der Waals surface area contributed by atoms with Crippen molar-refractivity contribution in [1.29, 1.82) is 0 Å². The number of carbonyl (C=O) groups is 11. The fourth-order valence-electron chi connectivity index (χ4n) is 10.8. The largest absolute Gasteiger partial charge is 0.391 e. The number of rotatable bonds is 26. The number of nitrogens with two attached hydrogens (primary N) is 5. The molecular formula is C69H92N16O13. The topological polar surface area (TPSA) is 491 Å². The van der Waals surface area contributed by atoms with Gasteiger partial charge in [-0.1, -0.05) is 127 Å². The molecule has 0 spiro atoms. The van der Waals surface area contributed by atoms with E-state index in [0.29, 0.717) is 11.1 Å². The minimum absolute atomic E-state index is 0.0864. The van der Waals surface area contributed by atoms with E-state index in [1.54, 1.807) is 66.7 Å². The van der Waals surface area contributed by atoms with E-state index in [2.05, 4.69) is 58.5 Å². The van der Waals surface area contributed by atoms with Crippen molar-refractivity contribution in [2.24, 2.45) is 28.7 Å². The Kier molecular flexibility index (Phi) is 30.9. The number of amides is 11. The summed E-state index contributed by atoms with van der Waals surface area (Å²) >= 11 is 0. The van der Waals surface area contributed by atoms with Crippen molar-refractivity contribution in [3.05, 3.63) is 156 Å². The van der Waals surface area contributed by atoms with Crippen LogP contribution < -0.4 is 87.2 Å². The molecule has 29 heteroatoms. The van der Waals surface area contributed by atoms with Gasteiger partial charge in [-0.15, -0.1) is 0 Å². The van der Waals surface area contributed by atoms with Gasteiger partial charge in [-0.05, 0) is 131 Å². The van der Waals surface area contributed by atoms with Gasteiger partial charge in [0.2, 0.25) is 59.1 Å². The fraction of sp³-hybridized carbons (Fsp3) is 0.406. The molecule has 0 aliphatic carbocycles. The minimum atomic E-state index is -1.76. The van der Waals surface area contributed by atoms with E-state index in [9.17, 15) is 63.0 Å². The van der Waals surface area contributed by atoms with Crippen LogP contribution in [0.4, 0.5) is 0 Å². The molecule has 29 nitrogen and oxygen atoms in total. The van der Waals surface area contributed by atoms with Gasteiger partial charge in [0, 0.05) is 24.9 Å². The summed E-state index contributed by atoms with van der Waals surface area (Å²) in [5.41, 5.74) is 34.6. The number of nitrogens with one attached hydrogen (secondary N) is 11. The van der Waals surface area contributed by atoms with Crippen molar-refractivity contribution < 1.29 is 63.0 Å². The van der Waals surface area contributed by atoms with Crippen LogP contribution in [0.15, 0.2) is 140 Å². The van der Waals surface area contributed by atoms with Crippen molar-refractivity contribution >= 4 is 65.0 Å². The van der Waals surface area contributed by atoms with Crippen LogP contribution >= 0.6 is 0 Å². The summed E-state index contributed by atoms with van der Waals surface area (Å²) in [6.07, 6.45) is -5.08. The Morgan fingerprint density at radius 1 is 0.439 bits per heavy atom. The molecule has 0 saturated carbocycles. The molecule has 526 valence electrons. The smallest absolute Gasteiger partial charge is 0.251 e. The Morgan fingerprint density at radius 2 is 0.837 bits per heavy atom. The first-order valence-corrected chi connectivity index (χ1v) is 32.6. The zero-order valence-electron chi connectivity index (χ0n) is 54.9. The van der Waals surface area contributed by atoms with Gasteiger partial charge < -0.3 is 97.4 Å². The lowest BCUT2D eigenvalue weighted by molar-refractivity contribution is -0.136. The molecule has 5 aromatic carbocycles. The van der Waals surface area contributed by atoms with Crippen LogP contribution in [-0.4, -0.2) is 187 Å². The number of hydrogen-bond acceptors (Lipinski definition) is 18. The van der Waals surface area contributed by atoms with Crippen LogP contribution in [0.2, 0.25) is 0 Å². The van der Waals surface area contributed by atoms with Gasteiger partial charge in [-0.3, -0.25) is 52.7 Å². The van der Waals surface area contributed by atoms with Crippen molar-refractivity contribution in [3.8, 4) is 22.3 Å². The van der Waals surface area contributed by atoms with Crippen LogP contribution in [0.1, 0.15) is 73.9 Å². The molecule has 0 unspecified atom stereocenters. The van der Waals surface area contributed by atoms with E-state index in [0.717, 1.165) is 22.3 Å². The highest BCUT2D eigenvalue weighted by Crippen LogP contribution is 2.22. The monoisotopic (exact) mass is 1350 g/mol. The highest BCUT2D eigenvalue weighted by Gasteiger charge is 2.38. The van der Waals surface area contributed by atoms with Gasteiger partial charge in [0.15, 0.2) is 0 Å². The summed E-state index contributed by atoms with van der Waals surface area (Å²) in [6.45, 7) is 1.01. The van der Waals surface area contributed by atoms with E-state index in [1.807, 2.05) is 72.8 Å². The third kappa shape index (κ3) is 23.4. The van der Waals surface area contributed by atoms with Crippen molar-refractivity contribution in [2.45, 2.75) is 138 Å². The van der Waals surface area contributed by atoms with Crippen LogP contribution in [0.5, 0.6) is 0 Å². The third-order valence-electron chi connectivity index (χ3n) is 16.2. The molecule has 1 fully saturated rings. The predicted octanol–water partition coefficient (Wildman–Crippen LogP) is -3.01. The standard InChI is InChI=1S/C69H92N16O13/c1-40(86)57-68(97)75-37-31-54(80-61(90)51(28-34-72)81-69(98)58(41(2)87)85-64(93)52(29-35-73)76-59(88)48-24-22-47(23-25-48)45-16-10-5-11-17-45)63(92)77-50(27-33-71)62(91)82-55(38-42-12-6-3-7-13-42)67(96)83-56(39-43-18-20-46(21-19-43)44-14-8-4-9-15-44)66(95)79-49(26-32-70)60(89)78-53(30-36-74)65(94)84-57/h3-25,40-41,49-58,86-87H,26-39,70-74H2,1-2H3,(H,75,97)(H,76,88)(H,77,92)(H,78,89)(H,79,95)(H,80,90)(H,81,98)(H,82,91)(H,83,96)(H,84,94)(H,85,93)/t40-,41-,49+,50+,51+,52+,53+,54+,55-,56+,57+,58+/m1/s1. The van der Waals surface area contributed by atoms with Crippen LogP contribution in [0.25, 0.3) is 22.3 Å². The summed E-state index contributed by atoms with van der Waals surface area (Å²) < 4.78 is 0. The number of benzene rings is 5. The normalized spacial score (nSPS) is 20.9. The van der Waals surface area contributed by atoms with Crippen LogP contribution in [0, 0.1) is 0 Å². The summed E-state index contributed by atoms with van der Waals surface area (Å²) in [7, 11) is 0. The summed E-state index contributed by atoms with van der Waals surface area (Å²) in [4.78, 5) is 157. The van der Waals surface area contributed by atoms with Crippen molar-refractivity contribution in [3.63, 3.8) is 0 Å². The second-order valence-corrected chi connectivity index (χ2v) is 23.8. The molecule has 1 saturated heterocycles. The molecule has 11 amide bonds. The van der Waals surface area contributed by atoms with Crippen LogP contribution in [-0.2, 0) is 60.8 Å². The molecule has 1 aliphatic heterocycles. The average molecular weight is 1350 g/mol. The SMILES string of the molecule is C[C@@H](O)[C@@H]1NC(=O)[C@H](CCN)NC(=O)[C@H](CCN)NC(=O)[C@H](Cc2ccc(-c3ccccc3)cc2)NC(=O)[C@@H](Cc2ccccc2)NC(=O)[C@H](CCN)NC(=O)[C@@H](NC(=O)[C@H](CCN)NC(=O)[C@@H](NC(=O)[C@H](CCN)NC(=O)c2ccc(-c3ccccc3)cc2)[C@@H](C)O)CCNC1=O. The lowest BCUT2D eigenvalue weighted by atomic mass is 9.99. The Hall–Kier alpha value is -10.0. The lowest BCUT2D eigenvalue weighted by Crippen LogP contribution is -2.62. The first-order valence-electron chi connectivity index (χ1n) is 32.6. The minimum Gasteiger partial charge on any atom is -0.391 e. The Bertz CT molecular complexity index is 3460. The molecule has 12 atom stereocenters. The van der Waals surface area contributed by atoms with Gasteiger partial charge in [0.05, 0.1) is 12.2 Å². The number of aliphatic hydroxyl groups excluding tert-OH is 2.